The van der Waals surface area contributed by atoms with Gasteiger partial charge in [0.15, 0.2) is 0 Å². The SMILES string of the molecule is CC(C)Cc1ccc(CC(=O)Nc2cc(C(C)(C)C)nn2-c2ncccn2)cc1. The molecule has 6 heteroatoms. The summed E-state index contributed by atoms with van der Waals surface area (Å²) in [7, 11) is 0. The third-order valence-corrected chi connectivity index (χ3v) is 4.52. The molecule has 0 aliphatic rings. The first-order chi connectivity index (χ1) is 13.7. The molecule has 6 nitrogen and oxygen atoms in total. The van der Waals surface area contributed by atoms with Gasteiger partial charge in [-0.3, -0.25) is 4.79 Å². The van der Waals surface area contributed by atoms with Crippen molar-refractivity contribution in [3.63, 3.8) is 0 Å². The van der Waals surface area contributed by atoms with Crippen LogP contribution in [0.1, 0.15) is 51.4 Å². The molecule has 2 heterocycles. The Bertz CT molecular complexity index is 953. The summed E-state index contributed by atoms with van der Waals surface area (Å²) in [5.41, 5.74) is 2.97. The van der Waals surface area contributed by atoms with Crippen LogP contribution in [0.2, 0.25) is 0 Å². The highest BCUT2D eigenvalue weighted by atomic mass is 16.1. The Morgan fingerprint density at radius 3 is 2.28 bits per heavy atom. The van der Waals surface area contributed by atoms with Gasteiger partial charge in [-0.05, 0) is 29.5 Å². The molecule has 0 aliphatic carbocycles. The largest absolute Gasteiger partial charge is 0.310 e. The predicted molar refractivity (Wildman–Crippen MR) is 115 cm³/mol. The minimum Gasteiger partial charge on any atom is -0.310 e. The van der Waals surface area contributed by atoms with Crippen molar-refractivity contribution in [1.29, 1.82) is 0 Å². The van der Waals surface area contributed by atoms with Crippen molar-refractivity contribution in [2.45, 2.75) is 52.9 Å². The molecule has 3 rings (SSSR count). The summed E-state index contributed by atoms with van der Waals surface area (Å²) in [6.07, 6.45) is 4.65. The van der Waals surface area contributed by atoms with Crippen molar-refractivity contribution in [3.8, 4) is 5.95 Å². The molecule has 29 heavy (non-hydrogen) atoms. The second kappa shape index (κ2) is 8.55. The normalized spacial score (nSPS) is 11.7. The van der Waals surface area contributed by atoms with Crippen LogP contribution in [0.25, 0.3) is 5.95 Å². The van der Waals surface area contributed by atoms with E-state index in [0.717, 1.165) is 17.7 Å². The molecule has 0 unspecified atom stereocenters. The maximum Gasteiger partial charge on any atom is 0.252 e. The summed E-state index contributed by atoms with van der Waals surface area (Å²) in [5.74, 6) is 1.51. The number of rotatable bonds is 6. The van der Waals surface area contributed by atoms with Gasteiger partial charge >= 0.3 is 0 Å². The van der Waals surface area contributed by atoms with E-state index in [0.29, 0.717) is 24.1 Å². The second-order valence-electron chi connectivity index (χ2n) is 8.76. The van der Waals surface area contributed by atoms with E-state index in [1.165, 1.54) is 5.56 Å². The molecule has 0 atom stereocenters. The molecule has 1 N–H and O–H groups in total. The lowest BCUT2D eigenvalue weighted by atomic mass is 9.92. The molecule has 2 aromatic heterocycles. The van der Waals surface area contributed by atoms with E-state index in [-0.39, 0.29) is 11.3 Å². The highest BCUT2D eigenvalue weighted by Gasteiger charge is 2.22. The van der Waals surface area contributed by atoms with E-state index < -0.39 is 0 Å². The summed E-state index contributed by atoms with van der Waals surface area (Å²) in [4.78, 5) is 21.2. The van der Waals surface area contributed by atoms with Crippen LogP contribution in [0, 0.1) is 5.92 Å². The number of hydrogen-bond acceptors (Lipinski definition) is 4. The summed E-state index contributed by atoms with van der Waals surface area (Å²) < 4.78 is 1.59. The lowest BCUT2D eigenvalue weighted by Gasteiger charge is -2.13. The topological polar surface area (TPSA) is 72.7 Å². The molecule has 152 valence electrons. The van der Waals surface area contributed by atoms with E-state index in [1.54, 1.807) is 23.1 Å². The Hall–Kier alpha value is -3.02. The number of nitrogens with zero attached hydrogens (tertiary/aromatic N) is 4. The van der Waals surface area contributed by atoms with Crippen molar-refractivity contribution in [1.82, 2.24) is 19.7 Å². The van der Waals surface area contributed by atoms with Gasteiger partial charge in [0.1, 0.15) is 5.82 Å². The van der Waals surface area contributed by atoms with Crippen molar-refractivity contribution in [3.05, 3.63) is 65.6 Å². The van der Waals surface area contributed by atoms with Gasteiger partial charge < -0.3 is 5.32 Å². The molecule has 0 spiro atoms. The Balaban J connectivity index is 1.78. The maximum atomic E-state index is 12.7. The zero-order valence-corrected chi connectivity index (χ0v) is 17.8. The van der Waals surface area contributed by atoms with Gasteiger partial charge in [-0.15, -0.1) is 0 Å². The third kappa shape index (κ3) is 5.50. The van der Waals surface area contributed by atoms with E-state index in [1.807, 2.05) is 18.2 Å². The van der Waals surface area contributed by atoms with Gasteiger partial charge in [0.05, 0.1) is 12.1 Å². The van der Waals surface area contributed by atoms with Crippen molar-refractivity contribution in [2.75, 3.05) is 5.32 Å². The number of anilines is 1. The zero-order valence-electron chi connectivity index (χ0n) is 17.8. The Morgan fingerprint density at radius 1 is 1.07 bits per heavy atom. The van der Waals surface area contributed by atoms with Gasteiger partial charge in [0.2, 0.25) is 5.91 Å². The third-order valence-electron chi connectivity index (χ3n) is 4.52. The first kappa shape index (κ1) is 20.7. The Labute approximate surface area is 172 Å². The minimum absolute atomic E-state index is 0.0980. The van der Waals surface area contributed by atoms with Crippen LogP contribution in [0.4, 0.5) is 5.82 Å². The van der Waals surface area contributed by atoms with Gasteiger partial charge in [0, 0.05) is 23.9 Å². The van der Waals surface area contributed by atoms with Crippen molar-refractivity contribution in [2.24, 2.45) is 5.92 Å². The van der Waals surface area contributed by atoms with E-state index >= 15 is 0 Å². The summed E-state index contributed by atoms with van der Waals surface area (Å²) in [6, 6.07) is 11.9. The molecule has 1 aromatic carbocycles. The van der Waals surface area contributed by atoms with Gasteiger partial charge in [-0.25, -0.2) is 9.97 Å². The van der Waals surface area contributed by atoms with Crippen LogP contribution in [-0.2, 0) is 23.1 Å². The fraction of sp³-hybridized carbons (Fsp3) is 0.391. The summed E-state index contributed by atoms with van der Waals surface area (Å²) in [6.45, 7) is 10.6. The standard InChI is InChI=1S/C23H29N5O/c1-16(2)13-17-7-9-18(10-8-17)14-21(29)26-20-15-19(23(3,4)5)27-28(20)22-24-11-6-12-25-22/h6-12,15-16H,13-14H2,1-5H3,(H,26,29). The molecule has 3 aromatic rings. The predicted octanol–water partition coefficient (Wildman–Crippen LogP) is 4.34. The van der Waals surface area contributed by atoms with E-state index in [2.05, 4.69) is 67.1 Å². The molecule has 0 aliphatic heterocycles. The zero-order chi connectivity index (χ0) is 21.0. The molecular weight excluding hydrogens is 362 g/mol. The van der Waals surface area contributed by atoms with Crippen LogP contribution >= 0.6 is 0 Å². The average Bonchev–Trinajstić information content (AvgIpc) is 3.08. The number of carbonyl (C=O) groups excluding carboxylic acids is 1. The monoisotopic (exact) mass is 391 g/mol. The first-order valence-electron chi connectivity index (χ1n) is 9.98. The smallest absolute Gasteiger partial charge is 0.252 e. The minimum atomic E-state index is -0.161. The van der Waals surface area contributed by atoms with Crippen LogP contribution in [0.3, 0.4) is 0 Å². The van der Waals surface area contributed by atoms with Crippen LogP contribution in [0.15, 0.2) is 48.8 Å². The van der Waals surface area contributed by atoms with E-state index in [4.69, 9.17) is 0 Å². The van der Waals surface area contributed by atoms with Gasteiger partial charge in [0.25, 0.3) is 5.95 Å². The highest BCUT2D eigenvalue weighted by Crippen LogP contribution is 2.25. The number of benzene rings is 1. The molecular formula is C23H29N5O. The second-order valence-corrected chi connectivity index (χ2v) is 8.76. The maximum absolute atomic E-state index is 12.7. The molecule has 0 saturated heterocycles. The van der Waals surface area contributed by atoms with Crippen LogP contribution in [-0.4, -0.2) is 25.7 Å². The van der Waals surface area contributed by atoms with Crippen LogP contribution in [0.5, 0.6) is 0 Å². The number of carbonyl (C=O) groups is 1. The van der Waals surface area contributed by atoms with Crippen molar-refractivity contribution >= 4 is 11.7 Å². The van der Waals surface area contributed by atoms with Crippen LogP contribution < -0.4 is 5.32 Å². The quantitative estimate of drug-likeness (QED) is 0.678. The fourth-order valence-electron chi connectivity index (χ4n) is 3.03. The Morgan fingerprint density at radius 2 is 1.69 bits per heavy atom. The number of amides is 1. The molecule has 0 saturated carbocycles. The molecule has 0 bridgehead atoms. The van der Waals surface area contributed by atoms with E-state index in [9.17, 15) is 4.79 Å². The number of hydrogen-bond donors (Lipinski definition) is 1. The molecule has 1 amide bonds. The number of nitrogens with one attached hydrogen (secondary N) is 1. The van der Waals surface area contributed by atoms with Crippen molar-refractivity contribution < 1.29 is 4.79 Å². The highest BCUT2D eigenvalue weighted by molar-refractivity contribution is 5.91. The number of aromatic nitrogens is 4. The Kier molecular flexibility index (Phi) is 6.11. The fourth-order valence-corrected chi connectivity index (χ4v) is 3.03. The molecule has 0 radical (unpaired) electrons. The summed E-state index contributed by atoms with van der Waals surface area (Å²) >= 11 is 0. The lowest BCUT2D eigenvalue weighted by molar-refractivity contribution is -0.115. The van der Waals surface area contributed by atoms with Gasteiger partial charge in [-0.2, -0.15) is 9.78 Å². The molecule has 0 fully saturated rings. The first-order valence-corrected chi connectivity index (χ1v) is 9.98. The van der Waals surface area contributed by atoms with Gasteiger partial charge in [-0.1, -0.05) is 58.9 Å². The summed E-state index contributed by atoms with van der Waals surface area (Å²) in [5, 5.41) is 7.61. The average molecular weight is 392 g/mol. The lowest BCUT2D eigenvalue weighted by Crippen LogP contribution is -2.18.